The van der Waals surface area contributed by atoms with Gasteiger partial charge in [-0.3, -0.25) is 0 Å². The molecular weight excluding hydrogens is 352 g/mol. The zero-order valence-electron chi connectivity index (χ0n) is 20.7. The Bertz CT molecular complexity index is 275. The molecule has 0 aromatic carbocycles. The van der Waals surface area contributed by atoms with E-state index in [-0.39, 0.29) is 6.10 Å². The van der Waals surface area contributed by atoms with Crippen LogP contribution in [0.15, 0.2) is 0 Å². The molecular formula is C28H58O. The summed E-state index contributed by atoms with van der Waals surface area (Å²) in [6.45, 7) is 4.57. The van der Waals surface area contributed by atoms with Crippen molar-refractivity contribution in [3.05, 3.63) is 0 Å². The first kappa shape index (κ1) is 29.0. The summed E-state index contributed by atoms with van der Waals surface area (Å²) in [5.41, 5.74) is 0. The lowest BCUT2D eigenvalue weighted by atomic mass is 10.0. The van der Waals surface area contributed by atoms with E-state index in [0.717, 1.165) is 12.8 Å². The van der Waals surface area contributed by atoms with E-state index in [1.807, 2.05) is 0 Å². The second-order valence-corrected chi connectivity index (χ2v) is 9.66. The van der Waals surface area contributed by atoms with Crippen LogP contribution in [0.3, 0.4) is 0 Å². The highest BCUT2D eigenvalue weighted by atomic mass is 16.3. The number of hydrogen-bond acceptors (Lipinski definition) is 1. The van der Waals surface area contributed by atoms with E-state index >= 15 is 0 Å². The van der Waals surface area contributed by atoms with Crippen molar-refractivity contribution in [3.63, 3.8) is 0 Å². The van der Waals surface area contributed by atoms with Gasteiger partial charge in [-0.05, 0) is 12.8 Å². The summed E-state index contributed by atoms with van der Waals surface area (Å²) in [6, 6.07) is 0. The molecule has 0 amide bonds. The lowest BCUT2D eigenvalue weighted by Gasteiger charge is -2.10. The summed E-state index contributed by atoms with van der Waals surface area (Å²) in [5.74, 6) is 0. The molecule has 0 radical (unpaired) electrons. The van der Waals surface area contributed by atoms with Gasteiger partial charge in [0, 0.05) is 0 Å². The van der Waals surface area contributed by atoms with E-state index in [9.17, 15) is 5.11 Å². The highest BCUT2D eigenvalue weighted by Gasteiger charge is 2.03. The fourth-order valence-corrected chi connectivity index (χ4v) is 4.41. The van der Waals surface area contributed by atoms with Gasteiger partial charge in [0.15, 0.2) is 0 Å². The van der Waals surface area contributed by atoms with Crippen molar-refractivity contribution in [1.29, 1.82) is 0 Å². The summed E-state index contributed by atoms with van der Waals surface area (Å²) in [5, 5.41) is 10.1. The van der Waals surface area contributed by atoms with Crippen LogP contribution in [0, 0.1) is 0 Å². The van der Waals surface area contributed by atoms with Crippen molar-refractivity contribution >= 4 is 0 Å². The van der Waals surface area contributed by atoms with Crippen molar-refractivity contribution in [2.75, 3.05) is 0 Å². The smallest absolute Gasteiger partial charge is 0.0540 e. The van der Waals surface area contributed by atoms with Crippen molar-refractivity contribution < 1.29 is 5.11 Å². The van der Waals surface area contributed by atoms with E-state index in [1.165, 1.54) is 148 Å². The fourth-order valence-electron chi connectivity index (χ4n) is 4.41. The minimum atomic E-state index is -0.0305. The van der Waals surface area contributed by atoms with Gasteiger partial charge in [-0.1, -0.05) is 162 Å². The standard InChI is InChI=1S/C28H58O/c1-3-5-7-9-11-13-14-15-16-17-18-19-21-23-25-27-28(29)26-24-22-20-12-10-8-6-4-2/h28-29H,3-27H2,1-2H3. The van der Waals surface area contributed by atoms with Gasteiger partial charge in [-0.15, -0.1) is 0 Å². The molecule has 0 rings (SSSR count). The van der Waals surface area contributed by atoms with Gasteiger partial charge in [-0.2, -0.15) is 0 Å². The van der Waals surface area contributed by atoms with Crippen molar-refractivity contribution in [2.24, 2.45) is 0 Å². The van der Waals surface area contributed by atoms with Crippen LogP contribution in [-0.4, -0.2) is 11.2 Å². The summed E-state index contributed by atoms with van der Waals surface area (Å²) >= 11 is 0. The van der Waals surface area contributed by atoms with Crippen molar-refractivity contribution in [1.82, 2.24) is 0 Å². The van der Waals surface area contributed by atoms with Gasteiger partial charge in [-0.25, -0.2) is 0 Å². The Labute approximate surface area is 185 Å². The molecule has 1 N–H and O–H groups in total. The van der Waals surface area contributed by atoms with Crippen LogP contribution in [0.4, 0.5) is 0 Å². The molecule has 0 fully saturated rings. The molecule has 0 bridgehead atoms. The second kappa shape index (κ2) is 26.0. The molecule has 0 spiro atoms. The zero-order valence-corrected chi connectivity index (χ0v) is 20.7. The molecule has 0 aliphatic carbocycles. The van der Waals surface area contributed by atoms with Gasteiger partial charge < -0.3 is 5.11 Å². The number of hydrogen-bond donors (Lipinski definition) is 1. The monoisotopic (exact) mass is 410 g/mol. The van der Waals surface area contributed by atoms with E-state index < -0.39 is 0 Å². The first-order chi connectivity index (χ1) is 14.3. The zero-order chi connectivity index (χ0) is 21.3. The average Bonchev–Trinajstić information content (AvgIpc) is 2.72. The number of unbranched alkanes of at least 4 members (excludes halogenated alkanes) is 21. The Hall–Kier alpha value is -0.0400. The average molecular weight is 411 g/mol. The van der Waals surface area contributed by atoms with Gasteiger partial charge in [0.1, 0.15) is 0 Å². The number of rotatable bonds is 25. The minimum Gasteiger partial charge on any atom is -0.393 e. The van der Waals surface area contributed by atoms with Crippen molar-refractivity contribution in [2.45, 2.75) is 180 Å². The first-order valence-electron chi connectivity index (χ1n) is 14.0. The lowest BCUT2D eigenvalue weighted by molar-refractivity contribution is 0.147. The Morgan fingerprint density at radius 3 is 0.793 bits per heavy atom. The lowest BCUT2D eigenvalue weighted by Crippen LogP contribution is -2.05. The predicted octanol–water partition coefficient (Wildman–Crippen LogP) is 10.1. The molecule has 0 aliphatic rings. The maximum atomic E-state index is 10.1. The van der Waals surface area contributed by atoms with Gasteiger partial charge in [0.2, 0.25) is 0 Å². The molecule has 29 heavy (non-hydrogen) atoms. The van der Waals surface area contributed by atoms with Crippen LogP contribution in [0.25, 0.3) is 0 Å². The van der Waals surface area contributed by atoms with Gasteiger partial charge in [0.25, 0.3) is 0 Å². The number of aliphatic hydroxyl groups excluding tert-OH is 1. The molecule has 176 valence electrons. The van der Waals surface area contributed by atoms with Crippen LogP contribution >= 0.6 is 0 Å². The van der Waals surface area contributed by atoms with E-state index in [2.05, 4.69) is 13.8 Å². The van der Waals surface area contributed by atoms with Crippen LogP contribution in [0.2, 0.25) is 0 Å². The van der Waals surface area contributed by atoms with Crippen LogP contribution in [0.5, 0.6) is 0 Å². The first-order valence-corrected chi connectivity index (χ1v) is 14.0. The Balaban J connectivity index is 3.11. The third kappa shape index (κ3) is 25.9. The topological polar surface area (TPSA) is 20.2 Å². The van der Waals surface area contributed by atoms with Gasteiger partial charge >= 0.3 is 0 Å². The maximum absolute atomic E-state index is 10.1. The SMILES string of the molecule is CCCCCCCCCCCCCCCCCC(O)CCCCCCCCCC. The molecule has 1 atom stereocenters. The Morgan fingerprint density at radius 1 is 0.345 bits per heavy atom. The molecule has 0 saturated heterocycles. The Morgan fingerprint density at radius 2 is 0.552 bits per heavy atom. The molecule has 1 nitrogen and oxygen atoms in total. The molecule has 0 aromatic heterocycles. The third-order valence-electron chi connectivity index (χ3n) is 6.53. The molecule has 0 aliphatic heterocycles. The van der Waals surface area contributed by atoms with Gasteiger partial charge in [0.05, 0.1) is 6.10 Å². The van der Waals surface area contributed by atoms with Crippen LogP contribution in [-0.2, 0) is 0 Å². The summed E-state index contributed by atoms with van der Waals surface area (Å²) < 4.78 is 0. The van der Waals surface area contributed by atoms with Crippen molar-refractivity contribution in [3.8, 4) is 0 Å². The van der Waals surface area contributed by atoms with E-state index in [1.54, 1.807) is 0 Å². The Kier molecular flexibility index (Phi) is 26.0. The summed E-state index contributed by atoms with van der Waals surface area (Å²) in [7, 11) is 0. The molecule has 0 saturated carbocycles. The molecule has 0 aromatic rings. The number of aliphatic hydroxyl groups is 1. The molecule has 1 heteroatoms. The predicted molar refractivity (Wildman–Crippen MR) is 133 cm³/mol. The highest BCUT2D eigenvalue weighted by molar-refractivity contribution is 4.58. The van der Waals surface area contributed by atoms with E-state index in [4.69, 9.17) is 0 Å². The largest absolute Gasteiger partial charge is 0.393 e. The summed E-state index contributed by atoms with van der Waals surface area (Å²) in [6.07, 6.45) is 34.1. The quantitative estimate of drug-likeness (QED) is 0.148. The van der Waals surface area contributed by atoms with Crippen LogP contribution in [0.1, 0.15) is 174 Å². The highest BCUT2D eigenvalue weighted by Crippen LogP contribution is 2.16. The second-order valence-electron chi connectivity index (χ2n) is 9.66. The molecule has 1 unspecified atom stereocenters. The third-order valence-corrected chi connectivity index (χ3v) is 6.53. The van der Waals surface area contributed by atoms with E-state index in [0.29, 0.717) is 0 Å². The summed E-state index contributed by atoms with van der Waals surface area (Å²) in [4.78, 5) is 0. The maximum Gasteiger partial charge on any atom is 0.0540 e. The normalized spacial score (nSPS) is 12.5. The molecule has 0 heterocycles. The minimum absolute atomic E-state index is 0.0305. The fraction of sp³-hybridized carbons (Fsp3) is 1.00. The van der Waals surface area contributed by atoms with Crippen LogP contribution < -0.4 is 0 Å².